The normalized spacial score (nSPS) is 12.0. The maximum atomic E-state index is 6.03. The summed E-state index contributed by atoms with van der Waals surface area (Å²) in [6.07, 6.45) is 13.1. The Morgan fingerprint density at radius 3 is 1.65 bits per heavy atom. The predicted octanol–water partition coefficient (Wildman–Crippen LogP) is 6.40. The molecule has 0 heterocycles. The van der Waals surface area contributed by atoms with Gasteiger partial charge in [0.05, 0.1) is 13.2 Å². The van der Waals surface area contributed by atoms with Gasteiger partial charge in [-0.3, -0.25) is 0 Å². The molecule has 0 amide bonds. The third-order valence-electron chi connectivity index (χ3n) is 4.84. The van der Waals surface area contributed by atoms with E-state index in [0.717, 1.165) is 32.8 Å². The molecule has 0 unspecified atom stereocenters. The lowest BCUT2D eigenvalue weighted by molar-refractivity contribution is -0.0478. The Balaban J connectivity index is 4.20. The highest BCUT2D eigenvalue weighted by Crippen LogP contribution is 2.33. The molecule has 0 aliphatic heterocycles. The molecule has 0 atom stereocenters. The first-order chi connectivity index (χ1) is 11.1. The first-order valence-electron chi connectivity index (χ1n) is 9.89. The highest BCUT2D eigenvalue weighted by atomic mass is 16.5. The van der Waals surface area contributed by atoms with Crippen LogP contribution in [0.3, 0.4) is 0 Å². The lowest BCUT2D eigenvalue weighted by Crippen LogP contribution is -2.37. The van der Waals surface area contributed by atoms with Crippen LogP contribution in [0.4, 0.5) is 0 Å². The SMILES string of the molecule is C=CCC(COCCCCCC)(COCCCCCC)C(C)C. The fraction of sp³-hybridized carbons (Fsp3) is 0.905. The standard InChI is InChI=1S/C21H42O2/c1-6-9-11-13-16-22-18-21(15-8-3,20(4)5)19-23-17-14-12-10-7-2/h8,20H,3,6-7,9-19H2,1-2,4-5H3. The molecule has 2 nitrogen and oxygen atoms in total. The van der Waals surface area contributed by atoms with Gasteiger partial charge in [0, 0.05) is 18.6 Å². The molecule has 0 saturated heterocycles. The summed E-state index contributed by atoms with van der Waals surface area (Å²) in [7, 11) is 0. The van der Waals surface area contributed by atoms with E-state index >= 15 is 0 Å². The van der Waals surface area contributed by atoms with E-state index in [0.29, 0.717) is 5.92 Å². The van der Waals surface area contributed by atoms with Crippen molar-refractivity contribution in [2.75, 3.05) is 26.4 Å². The predicted molar refractivity (Wildman–Crippen MR) is 102 cm³/mol. The van der Waals surface area contributed by atoms with Gasteiger partial charge in [-0.05, 0) is 25.2 Å². The minimum absolute atomic E-state index is 0.0806. The van der Waals surface area contributed by atoms with Crippen LogP contribution in [0.15, 0.2) is 12.7 Å². The van der Waals surface area contributed by atoms with Gasteiger partial charge in [0.2, 0.25) is 0 Å². The minimum atomic E-state index is 0.0806. The quantitative estimate of drug-likeness (QED) is 0.227. The molecule has 0 saturated carbocycles. The number of hydrogen-bond donors (Lipinski definition) is 0. The maximum absolute atomic E-state index is 6.03. The van der Waals surface area contributed by atoms with Gasteiger partial charge in [-0.25, -0.2) is 0 Å². The number of hydrogen-bond acceptors (Lipinski definition) is 2. The van der Waals surface area contributed by atoms with Gasteiger partial charge < -0.3 is 9.47 Å². The van der Waals surface area contributed by atoms with E-state index in [9.17, 15) is 0 Å². The highest BCUT2D eigenvalue weighted by Gasteiger charge is 2.33. The number of ether oxygens (including phenoxy) is 2. The molecule has 0 aromatic rings. The zero-order valence-electron chi connectivity index (χ0n) is 16.4. The smallest absolute Gasteiger partial charge is 0.0549 e. The van der Waals surface area contributed by atoms with Crippen molar-refractivity contribution in [1.82, 2.24) is 0 Å². The summed E-state index contributed by atoms with van der Waals surface area (Å²) in [6, 6.07) is 0. The Kier molecular flexibility index (Phi) is 15.0. The van der Waals surface area contributed by atoms with Crippen LogP contribution < -0.4 is 0 Å². The molecular formula is C21H42O2. The van der Waals surface area contributed by atoms with Crippen LogP contribution in [0.2, 0.25) is 0 Å². The molecule has 0 aliphatic carbocycles. The second kappa shape index (κ2) is 15.2. The zero-order valence-corrected chi connectivity index (χ0v) is 16.4. The van der Waals surface area contributed by atoms with Crippen LogP contribution in [-0.2, 0) is 9.47 Å². The van der Waals surface area contributed by atoms with Gasteiger partial charge in [-0.2, -0.15) is 0 Å². The molecule has 0 bridgehead atoms. The molecule has 0 radical (unpaired) electrons. The summed E-state index contributed by atoms with van der Waals surface area (Å²) in [5.41, 5.74) is 0.0806. The second-order valence-corrected chi connectivity index (χ2v) is 7.24. The van der Waals surface area contributed by atoms with E-state index in [1.165, 1.54) is 51.4 Å². The van der Waals surface area contributed by atoms with Crippen molar-refractivity contribution in [2.24, 2.45) is 11.3 Å². The van der Waals surface area contributed by atoms with Crippen molar-refractivity contribution in [3.63, 3.8) is 0 Å². The van der Waals surface area contributed by atoms with Crippen molar-refractivity contribution in [1.29, 1.82) is 0 Å². The molecule has 2 heteroatoms. The average molecular weight is 327 g/mol. The van der Waals surface area contributed by atoms with Gasteiger partial charge in [0.25, 0.3) is 0 Å². The first-order valence-corrected chi connectivity index (χ1v) is 9.89. The Morgan fingerprint density at radius 1 is 0.826 bits per heavy atom. The fourth-order valence-electron chi connectivity index (χ4n) is 2.83. The second-order valence-electron chi connectivity index (χ2n) is 7.24. The lowest BCUT2D eigenvalue weighted by atomic mass is 9.76. The molecule has 0 aromatic carbocycles. The van der Waals surface area contributed by atoms with Crippen LogP contribution >= 0.6 is 0 Å². The molecule has 0 N–H and O–H groups in total. The van der Waals surface area contributed by atoms with Crippen molar-refractivity contribution in [3.8, 4) is 0 Å². The molecule has 0 aliphatic rings. The van der Waals surface area contributed by atoms with E-state index in [1.807, 2.05) is 6.08 Å². The average Bonchev–Trinajstić information content (AvgIpc) is 2.53. The Hall–Kier alpha value is -0.340. The van der Waals surface area contributed by atoms with Crippen molar-refractivity contribution < 1.29 is 9.47 Å². The molecule has 138 valence electrons. The molecule has 0 aromatic heterocycles. The number of allylic oxidation sites excluding steroid dienone is 1. The lowest BCUT2D eigenvalue weighted by Gasteiger charge is -2.36. The summed E-state index contributed by atoms with van der Waals surface area (Å²) >= 11 is 0. The van der Waals surface area contributed by atoms with Crippen LogP contribution in [0.1, 0.15) is 85.5 Å². The van der Waals surface area contributed by atoms with Gasteiger partial charge in [-0.1, -0.05) is 72.3 Å². The Bertz CT molecular complexity index is 245. The highest BCUT2D eigenvalue weighted by molar-refractivity contribution is 4.89. The van der Waals surface area contributed by atoms with Crippen molar-refractivity contribution in [2.45, 2.75) is 85.5 Å². The zero-order chi connectivity index (χ0) is 17.4. The van der Waals surface area contributed by atoms with Crippen LogP contribution in [0, 0.1) is 11.3 Å². The number of rotatable bonds is 17. The molecule has 0 fully saturated rings. The molecule has 0 rings (SSSR count). The summed E-state index contributed by atoms with van der Waals surface area (Å²) in [6.45, 7) is 16.3. The summed E-state index contributed by atoms with van der Waals surface area (Å²) < 4.78 is 12.1. The van der Waals surface area contributed by atoms with Crippen LogP contribution in [0.5, 0.6) is 0 Å². The molecular weight excluding hydrogens is 284 g/mol. The van der Waals surface area contributed by atoms with E-state index in [-0.39, 0.29) is 5.41 Å². The van der Waals surface area contributed by atoms with Crippen LogP contribution in [-0.4, -0.2) is 26.4 Å². The fourth-order valence-corrected chi connectivity index (χ4v) is 2.83. The maximum Gasteiger partial charge on any atom is 0.0549 e. The summed E-state index contributed by atoms with van der Waals surface area (Å²) in [5.74, 6) is 0.534. The minimum Gasteiger partial charge on any atom is -0.381 e. The van der Waals surface area contributed by atoms with Gasteiger partial charge in [0.15, 0.2) is 0 Å². The van der Waals surface area contributed by atoms with Crippen LogP contribution in [0.25, 0.3) is 0 Å². The van der Waals surface area contributed by atoms with E-state index in [1.54, 1.807) is 0 Å². The summed E-state index contributed by atoms with van der Waals surface area (Å²) in [5, 5.41) is 0. The summed E-state index contributed by atoms with van der Waals surface area (Å²) in [4.78, 5) is 0. The number of unbranched alkanes of at least 4 members (excludes halogenated alkanes) is 6. The largest absolute Gasteiger partial charge is 0.381 e. The van der Waals surface area contributed by atoms with Gasteiger partial charge >= 0.3 is 0 Å². The first kappa shape index (κ1) is 22.7. The van der Waals surface area contributed by atoms with E-state index in [4.69, 9.17) is 9.47 Å². The Labute approximate surface area is 146 Å². The van der Waals surface area contributed by atoms with E-state index < -0.39 is 0 Å². The molecule has 0 spiro atoms. The third kappa shape index (κ3) is 10.9. The molecule has 23 heavy (non-hydrogen) atoms. The topological polar surface area (TPSA) is 18.5 Å². The monoisotopic (exact) mass is 326 g/mol. The van der Waals surface area contributed by atoms with Gasteiger partial charge in [-0.15, -0.1) is 6.58 Å². The van der Waals surface area contributed by atoms with Gasteiger partial charge in [0.1, 0.15) is 0 Å². The van der Waals surface area contributed by atoms with Crippen molar-refractivity contribution in [3.05, 3.63) is 12.7 Å². The third-order valence-corrected chi connectivity index (χ3v) is 4.84. The van der Waals surface area contributed by atoms with E-state index in [2.05, 4.69) is 34.3 Å². The Morgan fingerprint density at radius 2 is 1.30 bits per heavy atom. The van der Waals surface area contributed by atoms with Crippen molar-refractivity contribution >= 4 is 0 Å².